The molecule has 1 aliphatic rings. The smallest absolute Gasteiger partial charge is 0.0471 e. The Labute approximate surface area is 138 Å². The van der Waals surface area contributed by atoms with E-state index in [4.69, 9.17) is 5.11 Å². The minimum atomic E-state index is 0.211. The molecular formula is C19H25N3O. The normalized spacial score (nSPS) is 16.4. The molecule has 3 rings (SSSR count). The molecule has 1 aliphatic heterocycles. The lowest BCUT2D eigenvalue weighted by Crippen LogP contribution is -2.38. The van der Waals surface area contributed by atoms with Crippen molar-refractivity contribution < 1.29 is 5.11 Å². The van der Waals surface area contributed by atoms with Gasteiger partial charge in [0.15, 0.2) is 0 Å². The molecule has 1 aromatic carbocycles. The summed E-state index contributed by atoms with van der Waals surface area (Å²) in [5.41, 5.74) is 3.70. The highest BCUT2D eigenvalue weighted by Gasteiger charge is 2.18. The van der Waals surface area contributed by atoms with Gasteiger partial charge in [-0.2, -0.15) is 0 Å². The minimum absolute atomic E-state index is 0.211. The average molecular weight is 311 g/mol. The molecule has 0 radical (unpaired) electrons. The SMILES string of the molecule is OCCc1ccc(NC2CCN(Cc3ccncc3)CC2)cc1. The van der Waals surface area contributed by atoms with E-state index in [1.807, 2.05) is 12.4 Å². The van der Waals surface area contributed by atoms with Gasteiger partial charge < -0.3 is 10.4 Å². The first-order valence-electron chi connectivity index (χ1n) is 8.41. The van der Waals surface area contributed by atoms with Crippen molar-refractivity contribution in [2.24, 2.45) is 0 Å². The third-order valence-corrected chi connectivity index (χ3v) is 4.47. The van der Waals surface area contributed by atoms with Gasteiger partial charge in [0.05, 0.1) is 0 Å². The summed E-state index contributed by atoms with van der Waals surface area (Å²) in [4.78, 5) is 6.58. The van der Waals surface area contributed by atoms with E-state index in [0.717, 1.165) is 26.1 Å². The summed E-state index contributed by atoms with van der Waals surface area (Å²) < 4.78 is 0. The summed E-state index contributed by atoms with van der Waals surface area (Å²) in [6, 6.07) is 13.2. The van der Waals surface area contributed by atoms with Gasteiger partial charge in [-0.3, -0.25) is 9.88 Å². The Kier molecular flexibility index (Phi) is 5.61. The summed E-state index contributed by atoms with van der Waals surface area (Å²) in [5.74, 6) is 0. The fourth-order valence-electron chi connectivity index (χ4n) is 3.11. The number of aliphatic hydroxyl groups excluding tert-OH is 1. The van der Waals surface area contributed by atoms with Crippen molar-refractivity contribution in [2.75, 3.05) is 25.0 Å². The van der Waals surface area contributed by atoms with Gasteiger partial charge in [-0.1, -0.05) is 12.1 Å². The van der Waals surface area contributed by atoms with Gasteiger partial charge in [0.25, 0.3) is 0 Å². The molecule has 2 heterocycles. The summed E-state index contributed by atoms with van der Waals surface area (Å²) >= 11 is 0. The molecule has 0 unspecified atom stereocenters. The molecule has 2 N–H and O–H groups in total. The summed E-state index contributed by atoms with van der Waals surface area (Å²) in [6.07, 6.45) is 6.80. The first kappa shape index (κ1) is 16.0. The number of hydrogen-bond acceptors (Lipinski definition) is 4. The molecule has 1 aromatic heterocycles. The lowest BCUT2D eigenvalue weighted by molar-refractivity contribution is 0.211. The number of likely N-dealkylation sites (tertiary alicyclic amines) is 1. The molecular weight excluding hydrogens is 286 g/mol. The number of rotatable bonds is 6. The molecule has 23 heavy (non-hydrogen) atoms. The highest BCUT2D eigenvalue weighted by Crippen LogP contribution is 2.18. The number of anilines is 1. The maximum Gasteiger partial charge on any atom is 0.0471 e. The van der Waals surface area contributed by atoms with Gasteiger partial charge >= 0.3 is 0 Å². The van der Waals surface area contributed by atoms with Gasteiger partial charge in [-0.25, -0.2) is 0 Å². The standard InChI is InChI=1S/C19H25N3O/c23-14-9-16-1-3-18(4-2-16)21-19-7-12-22(13-8-19)15-17-5-10-20-11-6-17/h1-6,10-11,19,21,23H,7-9,12-15H2. The predicted molar refractivity (Wildman–Crippen MR) is 93.4 cm³/mol. The molecule has 1 fully saturated rings. The molecule has 4 heteroatoms. The van der Waals surface area contributed by atoms with E-state index in [-0.39, 0.29) is 6.61 Å². The van der Waals surface area contributed by atoms with Crippen LogP contribution < -0.4 is 5.32 Å². The molecule has 0 aliphatic carbocycles. The van der Waals surface area contributed by atoms with Crippen molar-refractivity contribution >= 4 is 5.69 Å². The maximum atomic E-state index is 8.96. The molecule has 0 bridgehead atoms. The molecule has 0 saturated carbocycles. The van der Waals surface area contributed by atoms with Crippen molar-refractivity contribution in [3.05, 3.63) is 59.9 Å². The van der Waals surface area contributed by atoms with Crippen molar-refractivity contribution in [3.8, 4) is 0 Å². The van der Waals surface area contributed by atoms with Crippen molar-refractivity contribution in [1.82, 2.24) is 9.88 Å². The summed E-state index contributed by atoms with van der Waals surface area (Å²) in [6.45, 7) is 3.49. The maximum absolute atomic E-state index is 8.96. The molecule has 0 spiro atoms. The first-order valence-corrected chi connectivity index (χ1v) is 8.41. The Hall–Kier alpha value is -1.91. The number of pyridine rings is 1. The Balaban J connectivity index is 1.45. The highest BCUT2D eigenvalue weighted by molar-refractivity contribution is 5.45. The van der Waals surface area contributed by atoms with E-state index in [1.54, 1.807) is 0 Å². The Morgan fingerprint density at radius 1 is 1.00 bits per heavy atom. The Bertz CT molecular complexity index is 577. The summed E-state index contributed by atoms with van der Waals surface area (Å²) in [5, 5.41) is 12.6. The number of aliphatic hydroxyl groups is 1. The molecule has 122 valence electrons. The van der Waals surface area contributed by atoms with Crippen LogP contribution in [0.15, 0.2) is 48.8 Å². The van der Waals surface area contributed by atoms with E-state index in [0.29, 0.717) is 6.04 Å². The van der Waals surface area contributed by atoms with E-state index < -0.39 is 0 Å². The monoisotopic (exact) mass is 311 g/mol. The average Bonchev–Trinajstić information content (AvgIpc) is 2.60. The second kappa shape index (κ2) is 8.09. The zero-order valence-electron chi connectivity index (χ0n) is 13.5. The lowest BCUT2D eigenvalue weighted by Gasteiger charge is -2.32. The third kappa shape index (κ3) is 4.78. The van der Waals surface area contributed by atoms with Crippen LogP contribution in [-0.4, -0.2) is 40.7 Å². The van der Waals surface area contributed by atoms with Crippen LogP contribution in [0.2, 0.25) is 0 Å². The molecule has 0 atom stereocenters. The van der Waals surface area contributed by atoms with E-state index in [2.05, 4.69) is 51.6 Å². The van der Waals surface area contributed by atoms with Crippen LogP contribution in [0.1, 0.15) is 24.0 Å². The second-order valence-electron chi connectivity index (χ2n) is 6.22. The van der Waals surface area contributed by atoms with Gasteiger partial charge in [0, 0.05) is 50.4 Å². The number of benzene rings is 1. The fourth-order valence-corrected chi connectivity index (χ4v) is 3.11. The molecule has 2 aromatic rings. The Morgan fingerprint density at radius 3 is 2.35 bits per heavy atom. The van der Waals surface area contributed by atoms with Crippen LogP contribution in [0, 0.1) is 0 Å². The number of hydrogen-bond donors (Lipinski definition) is 2. The second-order valence-corrected chi connectivity index (χ2v) is 6.22. The zero-order chi connectivity index (χ0) is 15.9. The van der Waals surface area contributed by atoms with Crippen molar-refractivity contribution in [1.29, 1.82) is 0 Å². The van der Waals surface area contributed by atoms with Crippen LogP contribution >= 0.6 is 0 Å². The van der Waals surface area contributed by atoms with Crippen LogP contribution in [0.25, 0.3) is 0 Å². The largest absolute Gasteiger partial charge is 0.396 e. The van der Waals surface area contributed by atoms with Gasteiger partial charge in [-0.15, -0.1) is 0 Å². The van der Waals surface area contributed by atoms with Crippen LogP contribution in [0.3, 0.4) is 0 Å². The van der Waals surface area contributed by atoms with E-state index in [9.17, 15) is 0 Å². The number of aromatic nitrogens is 1. The van der Waals surface area contributed by atoms with Gasteiger partial charge in [0.2, 0.25) is 0 Å². The summed E-state index contributed by atoms with van der Waals surface area (Å²) in [7, 11) is 0. The zero-order valence-corrected chi connectivity index (χ0v) is 13.5. The van der Waals surface area contributed by atoms with Crippen LogP contribution in [0.5, 0.6) is 0 Å². The topological polar surface area (TPSA) is 48.4 Å². The fraction of sp³-hybridized carbons (Fsp3) is 0.421. The molecule has 1 saturated heterocycles. The van der Waals surface area contributed by atoms with Crippen LogP contribution in [0.4, 0.5) is 5.69 Å². The molecule has 0 amide bonds. The number of nitrogens with zero attached hydrogens (tertiary/aromatic N) is 2. The first-order chi connectivity index (χ1) is 11.3. The number of piperidine rings is 1. The predicted octanol–water partition coefficient (Wildman–Crippen LogP) is 2.69. The van der Waals surface area contributed by atoms with Crippen LogP contribution in [-0.2, 0) is 13.0 Å². The van der Waals surface area contributed by atoms with Gasteiger partial charge in [0.1, 0.15) is 0 Å². The minimum Gasteiger partial charge on any atom is -0.396 e. The molecule has 4 nitrogen and oxygen atoms in total. The van der Waals surface area contributed by atoms with Crippen molar-refractivity contribution in [3.63, 3.8) is 0 Å². The third-order valence-electron chi connectivity index (χ3n) is 4.47. The quantitative estimate of drug-likeness (QED) is 0.861. The van der Waals surface area contributed by atoms with E-state index >= 15 is 0 Å². The highest BCUT2D eigenvalue weighted by atomic mass is 16.2. The lowest BCUT2D eigenvalue weighted by atomic mass is 10.0. The van der Waals surface area contributed by atoms with Gasteiger partial charge in [-0.05, 0) is 54.7 Å². The Morgan fingerprint density at radius 2 is 1.70 bits per heavy atom. The van der Waals surface area contributed by atoms with E-state index in [1.165, 1.54) is 29.7 Å². The number of nitrogens with one attached hydrogen (secondary N) is 1. The van der Waals surface area contributed by atoms with Crippen molar-refractivity contribution in [2.45, 2.75) is 31.8 Å².